The average Bonchev–Trinajstić information content (AvgIpc) is 2.76. The summed E-state index contributed by atoms with van der Waals surface area (Å²) >= 11 is 3.46. The van der Waals surface area contributed by atoms with Gasteiger partial charge in [0, 0.05) is 42.9 Å². The summed E-state index contributed by atoms with van der Waals surface area (Å²) in [5, 5.41) is 9.53. The Morgan fingerprint density at radius 1 is 1.44 bits per heavy atom. The lowest BCUT2D eigenvalue weighted by molar-refractivity contribution is 0.258. The van der Waals surface area contributed by atoms with Crippen LogP contribution in [0, 0.1) is 0 Å². The number of rotatable bonds is 5. The van der Waals surface area contributed by atoms with Crippen molar-refractivity contribution in [3.05, 3.63) is 52.5 Å². The van der Waals surface area contributed by atoms with Crippen LogP contribution in [0.4, 0.5) is 0 Å². The zero-order valence-corrected chi connectivity index (χ0v) is 12.0. The van der Waals surface area contributed by atoms with E-state index < -0.39 is 0 Å². The molecule has 18 heavy (non-hydrogen) atoms. The first-order valence-corrected chi connectivity index (χ1v) is 6.82. The molecule has 0 radical (unpaired) electrons. The van der Waals surface area contributed by atoms with Gasteiger partial charge in [-0.2, -0.15) is 0 Å². The first-order valence-electron chi connectivity index (χ1n) is 6.03. The molecule has 1 aromatic carbocycles. The summed E-state index contributed by atoms with van der Waals surface area (Å²) in [4.78, 5) is 4.31. The maximum Gasteiger partial charge on any atom is 0.108 e. The summed E-state index contributed by atoms with van der Waals surface area (Å²) in [6.07, 6.45) is 5.53. The van der Waals surface area contributed by atoms with Crippen LogP contribution in [0.25, 0.3) is 0 Å². The minimum Gasteiger partial charge on any atom is -0.396 e. The molecule has 3 nitrogen and oxygen atoms in total. The van der Waals surface area contributed by atoms with Crippen molar-refractivity contribution in [2.45, 2.75) is 18.8 Å². The molecule has 2 rings (SSSR count). The number of hydrogen-bond acceptors (Lipinski definition) is 2. The van der Waals surface area contributed by atoms with E-state index in [1.165, 1.54) is 5.56 Å². The molecule has 96 valence electrons. The summed E-state index contributed by atoms with van der Waals surface area (Å²) in [7, 11) is 2.00. The predicted molar refractivity (Wildman–Crippen MR) is 75.5 cm³/mol. The molecule has 0 spiro atoms. The Morgan fingerprint density at radius 3 is 2.89 bits per heavy atom. The van der Waals surface area contributed by atoms with Crippen LogP contribution >= 0.6 is 15.9 Å². The van der Waals surface area contributed by atoms with Crippen LogP contribution in [0.1, 0.15) is 23.7 Å². The third-order valence-electron chi connectivity index (χ3n) is 3.18. The largest absolute Gasteiger partial charge is 0.396 e. The SMILES string of the molecule is Cn1ccnc1CCC(CO)c1cccc(Br)c1. The molecular formula is C14H17BrN2O. The van der Waals surface area contributed by atoms with Crippen molar-refractivity contribution in [3.8, 4) is 0 Å². The Kier molecular flexibility index (Phi) is 4.55. The number of aromatic nitrogens is 2. The van der Waals surface area contributed by atoms with Crippen LogP contribution in [-0.4, -0.2) is 21.3 Å². The van der Waals surface area contributed by atoms with Crippen LogP contribution in [0.2, 0.25) is 0 Å². The smallest absolute Gasteiger partial charge is 0.108 e. The maximum absolute atomic E-state index is 9.53. The number of halogens is 1. The van der Waals surface area contributed by atoms with Crippen molar-refractivity contribution in [2.24, 2.45) is 7.05 Å². The molecule has 0 bridgehead atoms. The van der Waals surface area contributed by atoms with Crippen molar-refractivity contribution < 1.29 is 5.11 Å². The van der Waals surface area contributed by atoms with E-state index in [2.05, 4.69) is 33.0 Å². The minimum atomic E-state index is 0.166. The molecule has 2 aromatic rings. The highest BCUT2D eigenvalue weighted by molar-refractivity contribution is 9.10. The predicted octanol–water partition coefficient (Wildman–Crippen LogP) is 2.89. The number of hydrogen-bond donors (Lipinski definition) is 1. The number of benzene rings is 1. The van der Waals surface area contributed by atoms with E-state index in [1.807, 2.05) is 36.1 Å². The van der Waals surface area contributed by atoms with Gasteiger partial charge < -0.3 is 9.67 Å². The average molecular weight is 309 g/mol. The molecule has 1 N–H and O–H groups in total. The molecule has 4 heteroatoms. The molecule has 0 fully saturated rings. The highest BCUT2D eigenvalue weighted by Gasteiger charge is 2.12. The Balaban J connectivity index is 2.04. The second-order valence-electron chi connectivity index (χ2n) is 4.43. The molecule has 0 aliphatic heterocycles. The second-order valence-corrected chi connectivity index (χ2v) is 5.34. The van der Waals surface area contributed by atoms with E-state index in [4.69, 9.17) is 0 Å². The number of aliphatic hydroxyl groups excluding tert-OH is 1. The van der Waals surface area contributed by atoms with E-state index in [-0.39, 0.29) is 12.5 Å². The monoisotopic (exact) mass is 308 g/mol. The highest BCUT2D eigenvalue weighted by atomic mass is 79.9. The Bertz CT molecular complexity index is 510. The molecular weight excluding hydrogens is 292 g/mol. The quantitative estimate of drug-likeness (QED) is 0.922. The molecule has 0 aliphatic carbocycles. The molecule has 0 amide bonds. The van der Waals surface area contributed by atoms with Gasteiger partial charge in [0.25, 0.3) is 0 Å². The summed E-state index contributed by atoms with van der Waals surface area (Å²) in [5.41, 5.74) is 1.17. The van der Waals surface area contributed by atoms with Crippen molar-refractivity contribution in [3.63, 3.8) is 0 Å². The third kappa shape index (κ3) is 3.21. The van der Waals surface area contributed by atoms with Crippen LogP contribution in [0.3, 0.4) is 0 Å². The van der Waals surface area contributed by atoms with Gasteiger partial charge in [0.2, 0.25) is 0 Å². The van der Waals surface area contributed by atoms with E-state index in [0.29, 0.717) is 0 Å². The van der Waals surface area contributed by atoms with Crippen LogP contribution in [-0.2, 0) is 13.5 Å². The van der Waals surface area contributed by atoms with Gasteiger partial charge in [0.15, 0.2) is 0 Å². The number of aliphatic hydroxyl groups is 1. The van der Waals surface area contributed by atoms with Crippen molar-refractivity contribution in [1.29, 1.82) is 0 Å². The van der Waals surface area contributed by atoms with E-state index in [9.17, 15) is 5.11 Å². The Morgan fingerprint density at radius 2 is 2.28 bits per heavy atom. The van der Waals surface area contributed by atoms with Gasteiger partial charge in [-0.1, -0.05) is 28.1 Å². The number of nitrogens with zero attached hydrogens (tertiary/aromatic N) is 2. The second kappa shape index (κ2) is 6.16. The number of imidazole rings is 1. The summed E-state index contributed by atoms with van der Waals surface area (Å²) in [6.45, 7) is 0.168. The molecule has 1 heterocycles. The summed E-state index contributed by atoms with van der Waals surface area (Å²) in [6, 6.07) is 8.13. The van der Waals surface area contributed by atoms with E-state index in [0.717, 1.165) is 23.1 Å². The Hall–Kier alpha value is -1.13. The van der Waals surface area contributed by atoms with Gasteiger partial charge in [-0.05, 0) is 24.1 Å². The summed E-state index contributed by atoms with van der Waals surface area (Å²) in [5.74, 6) is 1.22. The van der Waals surface area contributed by atoms with Crippen LogP contribution < -0.4 is 0 Å². The number of aryl methyl sites for hydroxylation is 2. The highest BCUT2D eigenvalue weighted by Crippen LogP contribution is 2.23. The van der Waals surface area contributed by atoms with Gasteiger partial charge in [-0.3, -0.25) is 0 Å². The lowest BCUT2D eigenvalue weighted by atomic mass is 9.95. The molecule has 1 atom stereocenters. The zero-order chi connectivity index (χ0) is 13.0. The molecule has 1 aromatic heterocycles. The fraction of sp³-hybridized carbons (Fsp3) is 0.357. The van der Waals surface area contributed by atoms with Gasteiger partial charge in [0.05, 0.1) is 0 Å². The molecule has 1 unspecified atom stereocenters. The molecule has 0 aliphatic rings. The van der Waals surface area contributed by atoms with Gasteiger partial charge in [-0.15, -0.1) is 0 Å². The van der Waals surface area contributed by atoms with Gasteiger partial charge in [0.1, 0.15) is 5.82 Å². The van der Waals surface area contributed by atoms with Crippen molar-refractivity contribution in [1.82, 2.24) is 9.55 Å². The van der Waals surface area contributed by atoms with E-state index >= 15 is 0 Å². The maximum atomic E-state index is 9.53. The van der Waals surface area contributed by atoms with Crippen molar-refractivity contribution >= 4 is 15.9 Å². The zero-order valence-electron chi connectivity index (χ0n) is 10.4. The summed E-state index contributed by atoms with van der Waals surface area (Å²) < 4.78 is 3.07. The standard InChI is InChI=1S/C14H17BrN2O/c1-17-8-7-16-14(17)6-5-12(10-18)11-3-2-4-13(15)9-11/h2-4,7-9,12,18H,5-6,10H2,1H3. The molecule has 0 saturated heterocycles. The first-order chi connectivity index (χ1) is 8.70. The topological polar surface area (TPSA) is 38.0 Å². The van der Waals surface area contributed by atoms with Crippen LogP contribution in [0.5, 0.6) is 0 Å². The van der Waals surface area contributed by atoms with Crippen LogP contribution in [0.15, 0.2) is 41.1 Å². The first kappa shape index (κ1) is 13.3. The van der Waals surface area contributed by atoms with Gasteiger partial charge >= 0.3 is 0 Å². The fourth-order valence-corrected chi connectivity index (χ4v) is 2.48. The normalized spacial score (nSPS) is 12.6. The fourth-order valence-electron chi connectivity index (χ4n) is 2.06. The lowest BCUT2D eigenvalue weighted by Crippen LogP contribution is -2.08. The molecule has 0 saturated carbocycles. The van der Waals surface area contributed by atoms with Gasteiger partial charge in [-0.25, -0.2) is 4.98 Å². The minimum absolute atomic E-state index is 0.166. The van der Waals surface area contributed by atoms with E-state index in [1.54, 1.807) is 0 Å². The van der Waals surface area contributed by atoms with Crippen molar-refractivity contribution in [2.75, 3.05) is 6.61 Å². The lowest BCUT2D eigenvalue weighted by Gasteiger charge is -2.14. The third-order valence-corrected chi connectivity index (χ3v) is 3.67. The Labute approximate surface area is 116 Å².